The Bertz CT molecular complexity index is 1300. The molecule has 0 aliphatic carbocycles. The van der Waals surface area contributed by atoms with Crippen molar-refractivity contribution in [2.75, 3.05) is 11.1 Å². The number of H-pyrrole nitrogens is 1. The van der Waals surface area contributed by atoms with Crippen LogP contribution in [-0.4, -0.2) is 21.6 Å². The molecule has 0 bridgehead atoms. The van der Waals surface area contributed by atoms with Crippen molar-refractivity contribution in [3.05, 3.63) is 74.9 Å². The van der Waals surface area contributed by atoms with Crippen molar-refractivity contribution < 1.29 is 4.79 Å². The van der Waals surface area contributed by atoms with E-state index in [1.54, 1.807) is 0 Å². The number of hydrogen-bond donors (Lipinski definition) is 2. The zero-order chi connectivity index (χ0) is 22.7. The molecular formula is C25H25N3O2S2. The summed E-state index contributed by atoms with van der Waals surface area (Å²) in [5, 5.41) is 6.07. The van der Waals surface area contributed by atoms with E-state index >= 15 is 0 Å². The topological polar surface area (TPSA) is 74.8 Å². The molecule has 2 aromatic heterocycles. The van der Waals surface area contributed by atoms with Gasteiger partial charge in [0.05, 0.1) is 11.1 Å². The lowest BCUT2D eigenvalue weighted by Crippen LogP contribution is -2.17. The first-order valence-corrected chi connectivity index (χ1v) is 12.5. The lowest BCUT2D eigenvalue weighted by molar-refractivity contribution is -0.113. The minimum atomic E-state index is -0.181. The van der Waals surface area contributed by atoms with Gasteiger partial charge in [-0.25, -0.2) is 4.98 Å². The van der Waals surface area contributed by atoms with E-state index in [-0.39, 0.29) is 17.2 Å². The Morgan fingerprint density at radius 1 is 1.09 bits per heavy atom. The number of nitrogens with one attached hydrogen (secondary N) is 2. The fourth-order valence-electron chi connectivity index (χ4n) is 3.66. The van der Waals surface area contributed by atoms with Crippen molar-refractivity contribution in [2.24, 2.45) is 0 Å². The Balaban J connectivity index is 1.52. The van der Waals surface area contributed by atoms with E-state index in [0.29, 0.717) is 15.4 Å². The molecular weight excluding hydrogens is 438 g/mol. The van der Waals surface area contributed by atoms with Crippen LogP contribution < -0.4 is 10.9 Å². The second kappa shape index (κ2) is 9.71. The van der Waals surface area contributed by atoms with Gasteiger partial charge in [0.1, 0.15) is 4.83 Å². The number of thiophene rings is 1. The average Bonchev–Trinajstić information content (AvgIpc) is 3.23. The van der Waals surface area contributed by atoms with Crippen LogP contribution in [0.15, 0.2) is 57.8 Å². The Labute approximate surface area is 195 Å². The maximum atomic E-state index is 12.8. The monoisotopic (exact) mass is 463 g/mol. The normalized spacial score (nSPS) is 11.1. The van der Waals surface area contributed by atoms with E-state index in [4.69, 9.17) is 0 Å². The number of fused-ring (bicyclic) bond motifs is 1. The summed E-state index contributed by atoms with van der Waals surface area (Å²) in [6.07, 6.45) is 1.70. The summed E-state index contributed by atoms with van der Waals surface area (Å²) < 4.78 is 0. The number of aromatic nitrogens is 2. The molecule has 2 heterocycles. The summed E-state index contributed by atoms with van der Waals surface area (Å²) >= 11 is 2.68. The van der Waals surface area contributed by atoms with Crippen molar-refractivity contribution >= 4 is 44.9 Å². The first kappa shape index (κ1) is 22.3. The number of nitrogens with zero attached hydrogens (tertiary/aromatic N) is 1. The number of hydrogen-bond acceptors (Lipinski definition) is 5. The summed E-state index contributed by atoms with van der Waals surface area (Å²) in [6, 6.07) is 14.2. The van der Waals surface area contributed by atoms with E-state index in [1.807, 2.05) is 54.8 Å². The van der Waals surface area contributed by atoms with E-state index in [1.165, 1.54) is 28.7 Å². The number of carbonyl (C=O) groups excluding carboxylic acids is 1. The van der Waals surface area contributed by atoms with Gasteiger partial charge in [-0.3, -0.25) is 9.59 Å². The van der Waals surface area contributed by atoms with Crippen molar-refractivity contribution in [2.45, 2.75) is 38.8 Å². The van der Waals surface area contributed by atoms with Crippen LogP contribution in [0.1, 0.15) is 30.5 Å². The van der Waals surface area contributed by atoms with E-state index in [9.17, 15) is 9.59 Å². The smallest absolute Gasteiger partial charge is 0.260 e. The molecule has 4 rings (SSSR count). The summed E-state index contributed by atoms with van der Waals surface area (Å²) in [6.45, 7) is 6.19. The van der Waals surface area contributed by atoms with Gasteiger partial charge in [0.15, 0.2) is 5.16 Å². The maximum absolute atomic E-state index is 12.8. The number of carbonyl (C=O) groups is 1. The van der Waals surface area contributed by atoms with E-state index < -0.39 is 0 Å². The standard InChI is InChI=1S/C25H25N3O2S2/c1-4-16-7-6-8-17(5-2)22(16)26-20(29)14-32-25-27-23(30)21-19(13-31-24(21)28-25)18-11-9-15(3)10-12-18/h6-13H,4-5,14H2,1-3H3,(H,26,29)(H,27,28,30). The number of amides is 1. The van der Waals surface area contributed by atoms with Gasteiger partial charge in [0.2, 0.25) is 5.91 Å². The maximum Gasteiger partial charge on any atom is 0.260 e. The predicted molar refractivity (Wildman–Crippen MR) is 135 cm³/mol. The molecule has 0 fully saturated rings. The predicted octanol–water partition coefficient (Wildman–Crippen LogP) is 5.82. The van der Waals surface area contributed by atoms with Crippen LogP contribution in [-0.2, 0) is 17.6 Å². The number of benzene rings is 2. The molecule has 32 heavy (non-hydrogen) atoms. The minimum Gasteiger partial charge on any atom is -0.325 e. The molecule has 0 aliphatic rings. The van der Waals surface area contributed by atoms with Crippen molar-refractivity contribution in [1.82, 2.24) is 9.97 Å². The third-order valence-corrected chi connectivity index (χ3v) is 7.13. The number of aryl methyl sites for hydroxylation is 3. The zero-order valence-electron chi connectivity index (χ0n) is 18.3. The molecule has 0 unspecified atom stereocenters. The molecule has 2 aromatic carbocycles. The molecule has 0 atom stereocenters. The van der Waals surface area contributed by atoms with Gasteiger partial charge in [0.25, 0.3) is 5.56 Å². The highest BCUT2D eigenvalue weighted by atomic mass is 32.2. The number of anilines is 1. The molecule has 5 nitrogen and oxygen atoms in total. The molecule has 2 N–H and O–H groups in total. The van der Waals surface area contributed by atoms with Crippen LogP contribution in [0.2, 0.25) is 0 Å². The van der Waals surface area contributed by atoms with Crippen LogP contribution in [0.3, 0.4) is 0 Å². The van der Waals surface area contributed by atoms with E-state index in [0.717, 1.165) is 40.8 Å². The third kappa shape index (κ3) is 4.64. The number of thioether (sulfide) groups is 1. The van der Waals surface area contributed by atoms with Crippen LogP contribution in [0, 0.1) is 6.92 Å². The van der Waals surface area contributed by atoms with Gasteiger partial charge in [-0.2, -0.15) is 0 Å². The Morgan fingerprint density at radius 2 is 1.78 bits per heavy atom. The molecule has 4 aromatic rings. The van der Waals surface area contributed by atoms with Gasteiger partial charge in [-0.15, -0.1) is 11.3 Å². The Morgan fingerprint density at radius 3 is 2.44 bits per heavy atom. The molecule has 164 valence electrons. The van der Waals surface area contributed by atoms with Crippen molar-refractivity contribution in [1.29, 1.82) is 0 Å². The van der Waals surface area contributed by atoms with Crippen LogP contribution in [0.25, 0.3) is 21.3 Å². The zero-order valence-corrected chi connectivity index (χ0v) is 20.0. The Kier molecular flexibility index (Phi) is 6.77. The minimum absolute atomic E-state index is 0.111. The van der Waals surface area contributed by atoms with Gasteiger partial charge in [0, 0.05) is 16.6 Å². The first-order valence-electron chi connectivity index (χ1n) is 10.6. The molecule has 0 radical (unpaired) electrons. The molecule has 1 amide bonds. The molecule has 0 spiro atoms. The summed E-state index contributed by atoms with van der Waals surface area (Å²) in [4.78, 5) is 33.6. The van der Waals surface area contributed by atoms with Gasteiger partial charge < -0.3 is 10.3 Å². The Hall–Kier alpha value is -2.90. The van der Waals surface area contributed by atoms with Gasteiger partial charge in [-0.05, 0) is 36.5 Å². The third-order valence-electron chi connectivity index (χ3n) is 5.39. The van der Waals surface area contributed by atoms with Crippen LogP contribution >= 0.6 is 23.1 Å². The van der Waals surface area contributed by atoms with Gasteiger partial charge >= 0.3 is 0 Å². The second-order valence-electron chi connectivity index (χ2n) is 7.56. The molecule has 0 aliphatic heterocycles. The summed E-state index contributed by atoms with van der Waals surface area (Å²) in [5.41, 5.74) is 6.02. The van der Waals surface area contributed by atoms with E-state index in [2.05, 4.69) is 29.1 Å². The average molecular weight is 464 g/mol. The first-order chi connectivity index (χ1) is 15.5. The summed E-state index contributed by atoms with van der Waals surface area (Å²) in [5.74, 6) is 0.0612. The number of aromatic amines is 1. The van der Waals surface area contributed by atoms with Crippen LogP contribution in [0.5, 0.6) is 0 Å². The molecule has 0 saturated carbocycles. The largest absolute Gasteiger partial charge is 0.325 e. The fraction of sp³-hybridized carbons (Fsp3) is 0.240. The lowest BCUT2D eigenvalue weighted by atomic mass is 10.0. The number of rotatable bonds is 7. The molecule has 7 heteroatoms. The summed E-state index contributed by atoms with van der Waals surface area (Å²) in [7, 11) is 0. The fourth-order valence-corrected chi connectivity index (χ4v) is 5.32. The highest BCUT2D eigenvalue weighted by Crippen LogP contribution is 2.31. The highest BCUT2D eigenvalue weighted by Gasteiger charge is 2.15. The highest BCUT2D eigenvalue weighted by molar-refractivity contribution is 7.99. The van der Waals surface area contributed by atoms with Gasteiger partial charge in [-0.1, -0.05) is 73.6 Å². The lowest BCUT2D eigenvalue weighted by Gasteiger charge is -2.14. The van der Waals surface area contributed by atoms with Crippen molar-refractivity contribution in [3.8, 4) is 11.1 Å². The quantitative estimate of drug-likeness (QED) is 0.268. The SMILES string of the molecule is CCc1cccc(CC)c1NC(=O)CSc1nc2scc(-c3ccc(C)cc3)c2c(=O)[nH]1. The van der Waals surface area contributed by atoms with Crippen molar-refractivity contribution in [3.63, 3.8) is 0 Å². The van der Waals surface area contributed by atoms with Crippen LogP contribution in [0.4, 0.5) is 5.69 Å². The molecule has 0 saturated heterocycles. The second-order valence-corrected chi connectivity index (χ2v) is 9.38. The number of para-hydroxylation sites is 1.